The molecule has 3 aromatic carbocycles. The average molecular weight is 415 g/mol. The molecule has 0 atom stereocenters. The van der Waals surface area contributed by atoms with Gasteiger partial charge in [-0.05, 0) is 48.4 Å². The van der Waals surface area contributed by atoms with Gasteiger partial charge in [-0.25, -0.2) is 8.42 Å². The highest BCUT2D eigenvalue weighted by Gasteiger charge is 2.17. The van der Waals surface area contributed by atoms with Gasteiger partial charge in [-0.2, -0.15) is 0 Å². The van der Waals surface area contributed by atoms with Gasteiger partial charge in [-0.15, -0.1) is 0 Å². The standard InChI is InChI=1S/C21H19ClN2O3S/c1-15-7-2-3-8-17(15)14-23-21(25)16-9-6-10-18(13-16)28(26,27)24-20-12-5-4-11-19(20)22/h2-13,24H,14H2,1H3,(H,23,25). The lowest BCUT2D eigenvalue weighted by Gasteiger charge is -2.11. The third-order valence-electron chi connectivity index (χ3n) is 4.23. The molecule has 0 bridgehead atoms. The van der Waals surface area contributed by atoms with Crippen LogP contribution in [-0.4, -0.2) is 14.3 Å². The van der Waals surface area contributed by atoms with Gasteiger partial charge in [0.25, 0.3) is 15.9 Å². The van der Waals surface area contributed by atoms with Gasteiger partial charge in [0.1, 0.15) is 0 Å². The van der Waals surface area contributed by atoms with Gasteiger partial charge in [0.15, 0.2) is 0 Å². The van der Waals surface area contributed by atoms with Gasteiger partial charge < -0.3 is 5.32 Å². The number of nitrogens with one attached hydrogen (secondary N) is 2. The summed E-state index contributed by atoms with van der Waals surface area (Å²) in [4.78, 5) is 12.5. The van der Waals surface area contributed by atoms with Crippen LogP contribution in [0.2, 0.25) is 5.02 Å². The molecule has 0 fully saturated rings. The Morgan fingerprint density at radius 2 is 1.68 bits per heavy atom. The van der Waals surface area contributed by atoms with E-state index in [2.05, 4.69) is 10.0 Å². The van der Waals surface area contributed by atoms with E-state index in [0.29, 0.717) is 11.6 Å². The lowest BCUT2D eigenvalue weighted by molar-refractivity contribution is 0.0950. The molecule has 7 heteroatoms. The highest BCUT2D eigenvalue weighted by atomic mass is 35.5. The van der Waals surface area contributed by atoms with Crippen molar-refractivity contribution in [3.63, 3.8) is 0 Å². The van der Waals surface area contributed by atoms with Crippen LogP contribution in [-0.2, 0) is 16.6 Å². The molecule has 0 heterocycles. The van der Waals surface area contributed by atoms with Crippen LogP contribution < -0.4 is 10.0 Å². The third-order valence-corrected chi connectivity index (χ3v) is 5.92. The van der Waals surface area contributed by atoms with Crippen LogP contribution in [0.3, 0.4) is 0 Å². The van der Waals surface area contributed by atoms with Gasteiger partial charge in [0.05, 0.1) is 15.6 Å². The van der Waals surface area contributed by atoms with Crippen molar-refractivity contribution in [3.05, 3.63) is 94.5 Å². The minimum atomic E-state index is -3.88. The number of halogens is 1. The molecule has 0 aromatic heterocycles. The first-order valence-electron chi connectivity index (χ1n) is 8.57. The Balaban J connectivity index is 1.77. The summed E-state index contributed by atoms with van der Waals surface area (Å²) in [5, 5.41) is 3.11. The maximum atomic E-state index is 12.7. The van der Waals surface area contributed by atoms with Gasteiger partial charge in [0.2, 0.25) is 0 Å². The molecule has 0 radical (unpaired) electrons. The number of amides is 1. The third kappa shape index (κ3) is 4.71. The fourth-order valence-electron chi connectivity index (χ4n) is 2.64. The number of hydrogen-bond acceptors (Lipinski definition) is 3. The van der Waals surface area contributed by atoms with Crippen molar-refractivity contribution in [1.82, 2.24) is 5.32 Å². The monoisotopic (exact) mass is 414 g/mol. The van der Waals surface area contributed by atoms with Gasteiger partial charge in [-0.1, -0.05) is 54.1 Å². The Morgan fingerprint density at radius 3 is 2.43 bits per heavy atom. The molecule has 0 saturated carbocycles. The smallest absolute Gasteiger partial charge is 0.261 e. The molecule has 1 amide bonds. The Bertz CT molecular complexity index is 1110. The SMILES string of the molecule is Cc1ccccc1CNC(=O)c1cccc(S(=O)(=O)Nc2ccccc2Cl)c1. The van der Waals surface area contributed by atoms with Crippen molar-refractivity contribution < 1.29 is 13.2 Å². The van der Waals surface area contributed by atoms with E-state index in [1.807, 2.05) is 31.2 Å². The number of sulfonamides is 1. The van der Waals surface area contributed by atoms with E-state index in [1.54, 1.807) is 30.3 Å². The van der Waals surface area contributed by atoms with Crippen LogP contribution in [0.25, 0.3) is 0 Å². The number of rotatable bonds is 6. The molecule has 3 aromatic rings. The number of anilines is 1. The van der Waals surface area contributed by atoms with Crippen LogP contribution in [0.1, 0.15) is 21.5 Å². The summed E-state index contributed by atoms with van der Waals surface area (Å²) in [6.07, 6.45) is 0. The van der Waals surface area contributed by atoms with Crippen LogP contribution in [0.15, 0.2) is 77.7 Å². The summed E-state index contributed by atoms with van der Waals surface area (Å²) in [6, 6.07) is 20.2. The highest BCUT2D eigenvalue weighted by molar-refractivity contribution is 7.92. The minimum absolute atomic E-state index is 0.0176. The van der Waals surface area contributed by atoms with Crippen LogP contribution in [0.5, 0.6) is 0 Å². The van der Waals surface area contributed by atoms with E-state index in [0.717, 1.165) is 11.1 Å². The normalized spacial score (nSPS) is 11.1. The predicted molar refractivity (Wildman–Crippen MR) is 111 cm³/mol. The quantitative estimate of drug-likeness (QED) is 0.628. The largest absolute Gasteiger partial charge is 0.348 e. The summed E-state index contributed by atoms with van der Waals surface area (Å²) >= 11 is 6.02. The lowest BCUT2D eigenvalue weighted by Crippen LogP contribution is -2.23. The molecule has 144 valence electrons. The molecule has 0 aliphatic heterocycles. The van der Waals surface area contributed by atoms with Crippen molar-refractivity contribution in [2.45, 2.75) is 18.4 Å². The zero-order chi connectivity index (χ0) is 20.1. The first-order chi connectivity index (χ1) is 13.4. The molecule has 5 nitrogen and oxygen atoms in total. The Kier molecular flexibility index (Phi) is 6.02. The van der Waals surface area contributed by atoms with Gasteiger partial charge in [0, 0.05) is 12.1 Å². The maximum absolute atomic E-state index is 12.7. The summed E-state index contributed by atoms with van der Waals surface area (Å²) in [5.41, 5.74) is 2.61. The van der Waals surface area contributed by atoms with E-state index in [9.17, 15) is 13.2 Å². The van der Waals surface area contributed by atoms with Crippen LogP contribution in [0, 0.1) is 6.92 Å². The maximum Gasteiger partial charge on any atom is 0.261 e. The lowest BCUT2D eigenvalue weighted by atomic mass is 10.1. The van der Waals surface area contributed by atoms with E-state index in [4.69, 9.17) is 11.6 Å². The molecule has 0 aliphatic rings. The fourth-order valence-corrected chi connectivity index (χ4v) is 4.00. The molecule has 0 aliphatic carbocycles. The molecule has 3 rings (SSSR count). The summed E-state index contributed by atoms with van der Waals surface area (Å²) in [6.45, 7) is 2.33. The summed E-state index contributed by atoms with van der Waals surface area (Å²) in [7, 11) is -3.88. The highest BCUT2D eigenvalue weighted by Crippen LogP contribution is 2.24. The number of aryl methyl sites for hydroxylation is 1. The molecular weight excluding hydrogens is 396 g/mol. The first kappa shape index (κ1) is 19.9. The second-order valence-corrected chi connectivity index (χ2v) is 8.31. The first-order valence-corrected chi connectivity index (χ1v) is 10.4. The molecule has 0 spiro atoms. The molecule has 2 N–H and O–H groups in total. The predicted octanol–water partition coefficient (Wildman–Crippen LogP) is 4.38. The second kappa shape index (κ2) is 8.46. The van der Waals surface area contributed by atoms with Crippen molar-refractivity contribution in [3.8, 4) is 0 Å². The average Bonchev–Trinajstić information content (AvgIpc) is 2.69. The van der Waals surface area contributed by atoms with Crippen LogP contribution in [0.4, 0.5) is 5.69 Å². The number of hydrogen-bond donors (Lipinski definition) is 2. The van der Waals surface area contributed by atoms with Crippen molar-refractivity contribution in [2.24, 2.45) is 0 Å². The Labute approximate surface area is 169 Å². The van der Waals surface area contributed by atoms with Crippen molar-refractivity contribution in [1.29, 1.82) is 0 Å². The summed E-state index contributed by atoms with van der Waals surface area (Å²) in [5.74, 6) is -0.349. The molecule has 0 unspecified atom stereocenters. The molecule has 0 saturated heterocycles. The van der Waals surface area contributed by atoms with Gasteiger partial charge >= 0.3 is 0 Å². The van der Waals surface area contributed by atoms with Crippen molar-refractivity contribution in [2.75, 3.05) is 4.72 Å². The van der Waals surface area contributed by atoms with Crippen molar-refractivity contribution >= 4 is 33.2 Å². The number of benzene rings is 3. The zero-order valence-corrected chi connectivity index (χ0v) is 16.7. The number of carbonyl (C=O) groups is 1. The number of para-hydroxylation sites is 1. The van der Waals surface area contributed by atoms with Crippen LogP contribution >= 0.6 is 11.6 Å². The molecular formula is C21H19ClN2O3S. The number of carbonyl (C=O) groups excluding carboxylic acids is 1. The Hall–Kier alpha value is -2.83. The fraction of sp³-hybridized carbons (Fsp3) is 0.0952. The van der Waals surface area contributed by atoms with Gasteiger partial charge in [-0.3, -0.25) is 9.52 Å². The molecule has 28 heavy (non-hydrogen) atoms. The Morgan fingerprint density at radius 1 is 0.964 bits per heavy atom. The summed E-state index contributed by atoms with van der Waals surface area (Å²) < 4.78 is 27.7. The topological polar surface area (TPSA) is 75.3 Å². The van der Waals surface area contributed by atoms with E-state index in [1.165, 1.54) is 18.2 Å². The van der Waals surface area contributed by atoms with E-state index < -0.39 is 10.0 Å². The minimum Gasteiger partial charge on any atom is -0.348 e. The second-order valence-electron chi connectivity index (χ2n) is 6.22. The van der Waals surface area contributed by atoms with E-state index in [-0.39, 0.29) is 22.1 Å². The zero-order valence-electron chi connectivity index (χ0n) is 15.1. The van der Waals surface area contributed by atoms with E-state index >= 15 is 0 Å².